The molecule has 3 rings (SSSR count). The van der Waals surface area contributed by atoms with Crippen LogP contribution in [0.2, 0.25) is 0 Å². The zero-order valence-electron chi connectivity index (χ0n) is 14.0. The van der Waals surface area contributed by atoms with Crippen LogP contribution in [0.1, 0.15) is 18.4 Å². The number of aliphatic hydroxyl groups excluding tert-OH is 2. The van der Waals surface area contributed by atoms with E-state index in [0.717, 1.165) is 6.08 Å². The molecule has 1 aliphatic carbocycles. The van der Waals surface area contributed by atoms with Crippen molar-refractivity contribution < 1.29 is 44.6 Å². The zero-order chi connectivity index (χ0) is 19.8. The first-order valence-electron chi connectivity index (χ1n) is 8.13. The summed E-state index contributed by atoms with van der Waals surface area (Å²) in [5, 5.41) is 51.1. The van der Waals surface area contributed by atoms with Crippen LogP contribution in [-0.4, -0.2) is 68.1 Å². The third-order valence-electron chi connectivity index (χ3n) is 4.54. The van der Waals surface area contributed by atoms with E-state index in [9.17, 15) is 30.0 Å². The summed E-state index contributed by atoms with van der Waals surface area (Å²) in [6, 6.07) is 1.76. The van der Waals surface area contributed by atoms with Crippen molar-refractivity contribution in [1.82, 2.24) is 5.32 Å². The lowest BCUT2D eigenvalue weighted by Crippen LogP contribution is -2.60. The van der Waals surface area contributed by atoms with Crippen molar-refractivity contribution in [1.29, 1.82) is 0 Å². The number of carboxylic acid groups (broad SMARTS) is 1. The number of amides is 1. The molecule has 1 aliphatic heterocycles. The number of carbonyl (C=O) groups excluding carboxylic acids is 1. The second-order valence-corrected chi connectivity index (χ2v) is 6.53. The van der Waals surface area contributed by atoms with Gasteiger partial charge in [-0.05, 0) is 23.8 Å². The summed E-state index contributed by atoms with van der Waals surface area (Å²) in [6.45, 7) is -0.0229. The Kier molecular flexibility index (Phi) is 4.96. The Labute approximate surface area is 153 Å². The Bertz CT molecular complexity index is 793. The van der Waals surface area contributed by atoms with Crippen LogP contribution < -0.4 is 14.8 Å². The molecule has 1 aromatic rings. The van der Waals surface area contributed by atoms with E-state index in [1.54, 1.807) is 6.07 Å². The summed E-state index contributed by atoms with van der Waals surface area (Å²) >= 11 is 0. The van der Waals surface area contributed by atoms with E-state index in [1.165, 1.54) is 12.1 Å². The van der Waals surface area contributed by atoms with Crippen LogP contribution in [0.5, 0.6) is 17.2 Å². The average molecular weight is 381 g/mol. The van der Waals surface area contributed by atoms with Gasteiger partial charge in [-0.1, -0.05) is 0 Å². The average Bonchev–Trinajstić information content (AvgIpc) is 3.06. The van der Waals surface area contributed by atoms with Crippen LogP contribution in [-0.2, 0) is 9.59 Å². The van der Waals surface area contributed by atoms with Crippen molar-refractivity contribution in [3.8, 4) is 17.2 Å². The van der Waals surface area contributed by atoms with Crippen LogP contribution in [0.4, 0.5) is 0 Å². The highest BCUT2D eigenvalue weighted by Gasteiger charge is 2.49. The number of ether oxygens (including phenoxy) is 2. The monoisotopic (exact) mass is 381 g/mol. The van der Waals surface area contributed by atoms with E-state index in [2.05, 4.69) is 5.32 Å². The van der Waals surface area contributed by atoms with Crippen LogP contribution >= 0.6 is 0 Å². The zero-order valence-corrected chi connectivity index (χ0v) is 14.0. The smallest absolute Gasteiger partial charge is 0.335 e. The number of benzene rings is 1. The predicted octanol–water partition coefficient (Wildman–Crippen LogP) is -1.05. The normalized spacial score (nSPS) is 29.7. The molecule has 0 bridgehead atoms. The molecular formula is C17H19NO9. The molecule has 1 saturated carbocycles. The Morgan fingerprint density at radius 1 is 1.22 bits per heavy atom. The number of phenols is 1. The summed E-state index contributed by atoms with van der Waals surface area (Å²) in [5.74, 6) is -1.84. The summed E-state index contributed by atoms with van der Waals surface area (Å²) < 4.78 is 10.2. The molecule has 0 unspecified atom stereocenters. The van der Waals surface area contributed by atoms with Gasteiger partial charge in [0.1, 0.15) is 6.10 Å². The fourth-order valence-electron chi connectivity index (χ4n) is 3.13. The molecule has 4 atom stereocenters. The maximum Gasteiger partial charge on any atom is 0.335 e. The highest BCUT2D eigenvalue weighted by molar-refractivity contribution is 5.92. The minimum Gasteiger partial charge on any atom is -0.504 e. The largest absolute Gasteiger partial charge is 0.504 e. The number of rotatable bonds is 4. The molecule has 1 aromatic carbocycles. The summed E-state index contributed by atoms with van der Waals surface area (Å²) in [5.41, 5.74) is -1.80. The van der Waals surface area contributed by atoms with Gasteiger partial charge in [-0.3, -0.25) is 4.79 Å². The first-order chi connectivity index (χ1) is 12.7. The van der Waals surface area contributed by atoms with E-state index in [1.807, 2.05) is 0 Å². The second-order valence-electron chi connectivity index (χ2n) is 6.53. The van der Waals surface area contributed by atoms with Crippen molar-refractivity contribution in [2.24, 2.45) is 0 Å². The van der Waals surface area contributed by atoms with Gasteiger partial charge >= 0.3 is 5.97 Å². The molecule has 10 heteroatoms. The Morgan fingerprint density at radius 2 is 1.96 bits per heavy atom. The van der Waals surface area contributed by atoms with E-state index in [-0.39, 0.29) is 18.3 Å². The Balaban J connectivity index is 1.69. The number of carbonyl (C=O) groups is 2. The van der Waals surface area contributed by atoms with Gasteiger partial charge in [0.2, 0.25) is 18.4 Å². The number of nitrogens with one attached hydrogen (secondary N) is 1. The molecule has 2 aliphatic rings. The van der Waals surface area contributed by atoms with Crippen LogP contribution in [0.3, 0.4) is 0 Å². The molecule has 27 heavy (non-hydrogen) atoms. The lowest BCUT2D eigenvalue weighted by molar-refractivity contribution is -0.175. The Hall–Kier alpha value is -2.82. The van der Waals surface area contributed by atoms with Crippen LogP contribution in [0.15, 0.2) is 18.2 Å². The van der Waals surface area contributed by atoms with Crippen LogP contribution in [0, 0.1) is 0 Å². The van der Waals surface area contributed by atoms with Crippen molar-refractivity contribution in [3.63, 3.8) is 0 Å². The van der Waals surface area contributed by atoms with Gasteiger partial charge in [-0.2, -0.15) is 0 Å². The minimum absolute atomic E-state index is 0.0229. The summed E-state index contributed by atoms with van der Waals surface area (Å²) in [7, 11) is 0. The van der Waals surface area contributed by atoms with E-state index >= 15 is 0 Å². The maximum absolute atomic E-state index is 12.1. The van der Waals surface area contributed by atoms with Gasteiger partial charge < -0.3 is 40.3 Å². The van der Waals surface area contributed by atoms with Crippen LogP contribution in [0.25, 0.3) is 6.08 Å². The van der Waals surface area contributed by atoms with Gasteiger partial charge in [0.25, 0.3) is 0 Å². The quantitative estimate of drug-likeness (QED) is 0.357. The van der Waals surface area contributed by atoms with Crippen molar-refractivity contribution >= 4 is 18.0 Å². The number of hydrogen-bond donors (Lipinski definition) is 6. The first kappa shape index (κ1) is 19.0. The Morgan fingerprint density at radius 3 is 2.67 bits per heavy atom. The highest BCUT2D eigenvalue weighted by Crippen LogP contribution is 2.41. The van der Waals surface area contributed by atoms with Gasteiger partial charge in [-0.15, -0.1) is 0 Å². The van der Waals surface area contributed by atoms with Gasteiger partial charge in [-0.25, -0.2) is 4.79 Å². The minimum atomic E-state index is -2.25. The molecule has 146 valence electrons. The summed E-state index contributed by atoms with van der Waals surface area (Å²) in [6.07, 6.45) is -1.44. The van der Waals surface area contributed by atoms with E-state index in [4.69, 9.17) is 14.6 Å². The molecule has 0 saturated heterocycles. The molecule has 0 radical (unpaired) electrons. The van der Waals surface area contributed by atoms with E-state index < -0.39 is 48.6 Å². The molecule has 0 spiro atoms. The van der Waals surface area contributed by atoms with Crippen molar-refractivity contribution in [3.05, 3.63) is 23.8 Å². The third kappa shape index (κ3) is 3.82. The number of aliphatic carboxylic acids is 1. The fraction of sp³-hybridized carbons (Fsp3) is 0.412. The topological polar surface area (TPSA) is 166 Å². The lowest BCUT2D eigenvalue weighted by atomic mass is 9.78. The number of fused-ring (bicyclic) bond motifs is 1. The van der Waals surface area contributed by atoms with Gasteiger partial charge in [0.15, 0.2) is 17.1 Å². The van der Waals surface area contributed by atoms with Gasteiger partial charge in [0, 0.05) is 18.9 Å². The highest BCUT2D eigenvalue weighted by atomic mass is 16.7. The van der Waals surface area contributed by atoms with Crippen molar-refractivity contribution in [2.45, 2.75) is 36.7 Å². The molecule has 0 aromatic heterocycles. The maximum atomic E-state index is 12.1. The second kappa shape index (κ2) is 7.06. The number of carboxylic acids is 1. The molecule has 6 N–H and O–H groups in total. The van der Waals surface area contributed by atoms with E-state index in [0.29, 0.717) is 11.3 Å². The lowest BCUT2D eigenvalue weighted by Gasteiger charge is -2.39. The number of phenolic OH excluding ortho intramolecular Hbond substituents is 1. The summed E-state index contributed by atoms with van der Waals surface area (Å²) in [4.78, 5) is 23.3. The fourth-order valence-corrected chi connectivity index (χ4v) is 3.13. The first-order valence-corrected chi connectivity index (χ1v) is 8.13. The molecule has 1 amide bonds. The molecule has 10 nitrogen and oxygen atoms in total. The molecular weight excluding hydrogens is 362 g/mol. The van der Waals surface area contributed by atoms with Gasteiger partial charge in [0.05, 0.1) is 12.1 Å². The number of hydrogen-bond acceptors (Lipinski definition) is 8. The standard InChI is InChI=1S/C17H19NO9/c19-10-3-8(4-12-15(10)27-7-26-12)1-2-13(21)18-9-5-17(25,16(23)24)6-11(20)14(9)22/h1-4,9,11,14,19-20,22,25H,5-7H2,(H,18,21)(H,23,24)/b2-1+/t9-,11-,14+,17-/m1/s1. The number of aromatic hydroxyl groups is 1. The van der Waals surface area contributed by atoms with Crippen molar-refractivity contribution in [2.75, 3.05) is 6.79 Å². The number of aliphatic hydroxyl groups is 3. The molecule has 1 fully saturated rings. The predicted molar refractivity (Wildman–Crippen MR) is 89.0 cm³/mol. The third-order valence-corrected chi connectivity index (χ3v) is 4.54. The molecule has 1 heterocycles. The SMILES string of the molecule is O=C(/C=C/c1cc(O)c2c(c1)OCO2)N[C@@H]1C[C@](O)(C(=O)O)C[C@@H](O)[C@H]1O.